The lowest BCUT2D eigenvalue weighted by molar-refractivity contribution is 0.0681. The molecule has 2 N–H and O–H groups in total. The van der Waals surface area contributed by atoms with Gasteiger partial charge in [-0.05, 0) is 78.0 Å². The maximum Gasteiger partial charge on any atom is 0.258 e. The maximum atomic E-state index is 14.0. The molecular weight excluding hydrogens is 493 g/mol. The van der Waals surface area contributed by atoms with E-state index in [0.29, 0.717) is 39.9 Å². The number of rotatable bonds is 9. The van der Waals surface area contributed by atoms with Crippen LogP contribution in [-0.4, -0.2) is 46.6 Å². The van der Waals surface area contributed by atoms with Gasteiger partial charge in [-0.15, -0.1) is 0 Å². The summed E-state index contributed by atoms with van der Waals surface area (Å²) in [6.45, 7) is 28.6. The molecule has 7 heteroatoms. The van der Waals surface area contributed by atoms with E-state index in [4.69, 9.17) is 14.6 Å². The van der Waals surface area contributed by atoms with Crippen LogP contribution < -0.4 is 10.2 Å². The molecule has 0 aromatic heterocycles. The van der Waals surface area contributed by atoms with Crippen molar-refractivity contribution in [3.05, 3.63) is 23.3 Å². The predicted octanol–water partition coefficient (Wildman–Crippen LogP) is 8.15. The third-order valence-electron chi connectivity index (χ3n) is 9.85. The van der Waals surface area contributed by atoms with Crippen molar-refractivity contribution in [2.45, 2.75) is 129 Å². The molecule has 1 saturated carbocycles. The standard InChI is InChI=1S/C30H54N2O3Si2/c1-20(2)37(21(3)4,22(5)6)35-27-16-26(31)25(15-23(27)7)28(33)32-19-30(13-14-30)17-24(32)18-34-36(11,12)29(8,9)10/h15-16,20-22,24H,13-14,17-19,31H2,1-12H3/t24-/m0/s1. The molecule has 1 spiro atoms. The molecule has 1 aromatic rings. The first-order valence-corrected chi connectivity index (χ1v) is 19.5. The number of nitrogen functional groups attached to an aromatic ring is 1. The number of amides is 1. The average molecular weight is 547 g/mol. The van der Waals surface area contributed by atoms with Crippen molar-refractivity contribution in [3.8, 4) is 5.75 Å². The third-order valence-corrected chi connectivity index (χ3v) is 20.3. The fourth-order valence-corrected chi connectivity index (χ4v) is 12.7. The van der Waals surface area contributed by atoms with E-state index in [1.807, 2.05) is 12.1 Å². The second-order valence-corrected chi connectivity index (χ2v) is 24.7. The molecule has 2 aliphatic rings. The summed E-state index contributed by atoms with van der Waals surface area (Å²) < 4.78 is 13.6. The van der Waals surface area contributed by atoms with Crippen molar-refractivity contribution >= 4 is 28.2 Å². The van der Waals surface area contributed by atoms with Gasteiger partial charge in [-0.1, -0.05) is 62.3 Å². The molecule has 2 fully saturated rings. The lowest BCUT2D eigenvalue weighted by atomic mass is 10.0. The number of aryl methyl sites for hydroxylation is 1. The molecule has 0 unspecified atom stereocenters. The van der Waals surface area contributed by atoms with Gasteiger partial charge in [0.2, 0.25) is 0 Å². The highest BCUT2D eigenvalue weighted by atomic mass is 28.4. The molecule has 0 radical (unpaired) electrons. The average Bonchev–Trinajstić information content (AvgIpc) is 3.41. The smallest absolute Gasteiger partial charge is 0.258 e. The minimum atomic E-state index is -2.12. The van der Waals surface area contributed by atoms with Crippen molar-refractivity contribution in [1.82, 2.24) is 4.90 Å². The summed E-state index contributed by atoms with van der Waals surface area (Å²) in [5.74, 6) is 0.884. The minimum Gasteiger partial charge on any atom is -0.542 e. The van der Waals surface area contributed by atoms with Crippen molar-refractivity contribution in [3.63, 3.8) is 0 Å². The van der Waals surface area contributed by atoms with Crippen LogP contribution in [0.4, 0.5) is 5.69 Å². The zero-order valence-corrected chi connectivity index (χ0v) is 27.7. The SMILES string of the molecule is Cc1cc(C(=O)N2CC3(CC3)C[C@H]2CO[Si](C)(C)C(C)(C)C)c(N)cc1O[Si](C(C)C)(C(C)C)C(C)C. The summed E-state index contributed by atoms with van der Waals surface area (Å²) in [7, 11) is -4.02. The Hall–Kier alpha value is -1.32. The number of hydrogen-bond acceptors (Lipinski definition) is 4. The molecule has 210 valence electrons. The van der Waals surface area contributed by atoms with Crippen molar-refractivity contribution in [2.75, 3.05) is 18.9 Å². The van der Waals surface area contributed by atoms with Crippen LogP contribution in [0.3, 0.4) is 0 Å². The highest BCUT2D eigenvalue weighted by Gasteiger charge is 2.54. The molecule has 37 heavy (non-hydrogen) atoms. The molecule has 3 rings (SSSR count). The monoisotopic (exact) mass is 546 g/mol. The van der Waals surface area contributed by atoms with E-state index >= 15 is 0 Å². The second-order valence-electron chi connectivity index (χ2n) is 14.5. The molecular formula is C30H54N2O3Si2. The zero-order chi connectivity index (χ0) is 28.1. The number of nitrogens with two attached hydrogens (primary N) is 1. The number of carbonyl (C=O) groups excluding carboxylic acids is 1. The van der Waals surface area contributed by atoms with Crippen LogP contribution in [0, 0.1) is 12.3 Å². The van der Waals surface area contributed by atoms with Crippen LogP contribution >= 0.6 is 0 Å². The molecule has 5 nitrogen and oxygen atoms in total. The van der Waals surface area contributed by atoms with E-state index in [0.717, 1.165) is 24.3 Å². The first-order valence-electron chi connectivity index (χ1n) is 14.4. The zero-order valence-electron chi connectivity index (χ0n) is 25.7. The number of hydrogen-bond donors (Lipinski definition) is 1. The quantitative estimate of drug-likeness (QED) is 0.251. The van der Waals surface area contributed by atoms with Gasteiger partial charge in [-0.25, -0.2) is 0 Å². The first-order chi connectivity index (χ1) is 16.9. The van der Waals surface area contributed by atoms with Crippen molar-refractivity contribution < 1.29 is 13.6 Å². The topological polar surface area (TPSA) is 64.8 Å². The fourth-order valence-electron chi connectivity index (χ4n) is 6.31. The Kier molecular flexibility index (Phi) is 8.45. The molecule has 1 saturated heterocycles. The predicted molar refractivity (Wildman–Crippen MR) is 162 cm³/mol. The van der Waals surface area contributed by atoms with E-state index in [2.05, 4.69) is 87.2 Å². The highest BCUT2D eigenvalue weighted by Crippen LogP contribution is 2.55. The summed E-state index contributed by atoms with van der Waals surface area (Å²) in [4.78, 5) is 16.0. The number of anilines is 1. The summed E-state index contributed by atoms with van der Waals surface area (Å²) >= 11 is 0. The van der Waals surface area contributed by atoms with Crippen LogP contribution in [0.25, 0.3) is 0 Å². The second kappa shape index (κ2) is 10.3. The van der Waals surface area contributed by atoms with Crippen LogP contribution in [0.2, 0.25) is 34.8 Å². The highest BCUT2D eigenvalue weighted by molar-refractivity contribution is 6.78. The molecule has 1 atom stereocenters. The Balaban J connectivity index is 1.87. The summed E-state index contributed by atoms with van der Waals surface area (Å²) in [6.07, 6.45) is 3.46. The lowest BCUT2D eigenvalue weighted by Gasteiger charge is -2.42. The first kappa shape index (κ1) is 30.2. The van der Waals surface area contributed by atoms with E-state index in [9.17, 15) is 4.79 Å². The van der Waals surface area contributed by atoms with Crippen molar-refractivity contribution in [2.24, 2.45) is 5.41 Å². The van der Waals surface area contributed by atoms with E-state index < -0.39 is 16.6 Å². The van der Waals surface area contributed by atoms with Gasteiger partial charge in [0.15, 0.2) is 8.32 Å². The Morgan fingerprint density at radius 1 is 1.08 bits per heavy atom. The summed E-state index contributed by atoms with van der Waals surface area (Å²) in [5, 5.41) is 0.148. The Bertz CT molecular complexity index is 972. The van der Waals surface area contributed by atoms with Gasteiger partial charge >= 0.3 is 0 Å². The minimum absolute atomic E-state index is 0.0415. The fraction of sp³-hybridized carbons (Fsp3) is 0.767. The summed E-state index contributed by atoms with van der Waals surface area (Å²) in [6, 6.07) is 4.00. The number of benzene rings is 1. The molecule has 1 aliphatic carbocycles. The van der Waals surface area contributed by atoms with Crippen LogP contribution in [0.15, 0.2) is 12.1 Å². The van der Waals surface area contributed by atoms with Gasteiger partial charge in [0.25, 0.3) is 14.2 Å². The third kappa shape index (κ3) is 5.84. The Labute approximate surface area is 229 Å². The van der Waals surface area contributed by atoms with Gasteiger partial charge in [0.1, 0.15) is 5.75 Å². The van der Waals surface area contributed by atoms with Gasteiger partial charge in [-0.2, -0.15) is 0 Å². The lowest BCUT2D eigenvalue weighted by Crippen LogP contribution is -2.50. The van der Waals surface area contributed by atoms with E-state index in [-0.39, 0.29) is 17.0 Å². The molecule has 1 aromatic carbocycles. The van der Waals surface area contributed by atoms with Gasteiger partial charge in [0, 0.05) is 18.3 Å². The number of carbonyl (C=O) groups is 1. The molecule has 1 amide bonds. The Morgan fingerprint density at radius 3 is 2.08 bits per heavy atom. The van der Waals surface area contributed by atoms with Crippen LogP contribution in [-0.2, 0) is 4.43 Å². The molecule has 1 heterocycles. The number of nitrogens with zero attached hydrogens (tertiary/aromatic N) is 1. The van der Waals surface area contributed by atoms with Gasteiger partial charge < -0.3 is 19.5 Å². The van der Waals surface area contributed by atoms with Crippen LogP contribution in [0.5, 0.6) is 5.75 Å². The van der Waals surface area contributed by atoms with Gasteiger partial charge in [-0.3, -0.25) is 4.79 Å². The number of likely N-dealkylation sites (tertiary alicyclic amines) is 1. The largest absolute Gasteiger partial charge is 0.542 e. The molecule has 1 aliphatic heterocycles. The van der Waals surface area contributed by atoms with E-state index in [1.54, 1.807) is 0 Å². The maximum absolute atomic E-state index is 14.0. The summed E-state index contributed by atoms with van der Waals surface area (Å²) in [5.41, 5.74) is 10.4. The van der Waals surface area contributed by atoms with Gasteiger partial charge in [0.05, 0.1) is 18.2 Å². The van der Waals surface area contributed by atoms with Crippen LogP contribution in [0.1, 0.15) is 97.5 Å². The molecule has 0 bridgehead atoms. The van der Waals surface area contributed by atoms with Crippen molar-refractivity contribution in [1.29, 1.82) is 0 Å². The van der Waals surface area contributed by atoms with E-state index in [1.165, 1.54) is 12.8 Å². The Morgan fingerprint density at radius 2 is 1.62 bits per heavy atom. The normalized spacial score (nSPS) is 20.0.